The third-order valence-electron chi connectivity index (χ3n) is 2.41. The zero-order valence-electron chi connectivity index (χ0n) is 8.57. The summed E-state index contributed by atoms with van der Waals surface area (Å²) in [7, 11) is 0. The SMILES string of the molecule is CC(C)(C(=O)O)C(N)c1cncc(Br)c1. The topological polar surface area (TPSA) is 76.2 Å². The smallest absolute Gasteiger partial charge is 0.311 e. The number of aliphatic carboxylic acids is 1. The van der Waals surface area contributed by atoms with Crippen LogP contribution in [0.3, 0.4) is 0 Å². The van der Waals surface area contributed by atoms with Crippen molar-refractivity contribution in [2.24, 2.45) is 11.1 Å². The van der Waals surface area contributed by atoms with Crippen molar-refractivity contribution in [2.45, 2.75) is 19.9 Å². The maximum atomic E-state index is 11.0. The van der Waals surface area contributed by atoms with E-state index < -0.39 is 17.4 Å². The standard InChI is InChI=1S/C10H13BrN2O2/c1-10(2,9(14)15)8(12)6-3-7(11)5-13-4-6/h3-5,8H,12H2,1-2H3,(H,14,15). The van der Waals surface area contributed by atoms with Crippen LogP contribution in [0, 0.1) is 5.41 Å². The molecule has 1 unspecified atom stereocenters. The first-order chi connectivity index (χ1) is 6.85. The molecule has 0 aliphatic rings. The summed E-state index contributed by atoms with van der Waals surface area (Å²) < 4.78 is 0.789. The van der Waals surface area contributed by atoms with E-state index in [1.54, 1.807) is 32.3 Å². The first-order valence-corrected chi connectivity index (χ1v) is 5.24. The average Bonchev–Trinajstić information content (AvgIpc) is 2.16. The minimum atomic E-state index is -1.01. The summed E-state index contributed by atoms with van der Waals surface area (Å²) in [4.78, 5) is 15.0. The minimum Gasteiger partial charge on any atom is -0.481 e. The molecule has 0 saturated heterocycles. The number of aromatic nitrogens is 1. The van der Waals surface area contributed by atoms with Crippen LogP contribution in [0.4, 0.5) is 0 Å². The molecule has 1 rings (SSSR count). The highest BCUT2D eigenvalue weighted by Gasteiger charge is 2.35. The summed E-state index contributed by atoms with van der Waals surface area (Å²) >= 11 is 3.27. The van der Waals surface area contributed by atoms with Crippen molar-refractivity contribution in [3.8, 4) is 0 Å². The van der Waals surface area contributed by atoms with Crippen LogP contribution in [0.5, 0.6) is 0 Å². The van der Waals surface area contributed by atoms with Crippen molar-refractivity contribution < 1.29 is 9.90 Å². The summed E-state index contributed by atoms with van der Waals surface area (Å²) in [5, 5.41) is 9.03. The number of carboxylic acids is 1. The molecule has 15 heavy (non-hydrogen) atoms. The highest BCUT2D eigenvalue weighted by atomic mass is 79.9. The van der Waals surface area contributed by atoms with Gasteiger partial charge in [-0.15, -0.1) is 0 Å². The Hall–Kier alpha value is -0.940. The maximum absolute atomic E-state index is 11.0. The van der Waals surface area contributed by atoms with E-state index in [1.807, 2.05) is 0 Å². The summed E-state index contributed by atoms with van der Waals surface area (Å²) in [6.07, 6.45) is 3.21. The highest BCUT2D eigenvalue weighted by Crippen LogP contribution is 2.31. The van der Waals surface area contributed by atoms with Gasteiger partial charge in [-0.25, -0.2) is 0 Å². The Balaban J connectivity index is 3.04. The largest absolute Gasteiger partial charge is 0.481 e. The number of carboxylic acid groups (broad SMARTS) is 1. The second-order valence-electron chi connectivity index (χ2n) is 3.94. The van der Waals surface area contributed by atoms with Gasteiger partial charge >= 0.3 is 5.97 Å². The molecule has 0 bridgehead atoms. The number of rotatable bonds is 3. The Kier molecular flexibility index (Phi) is 3.46. The van der Waals surface area contributed by atoms with Crippen LogP contribution in [-0.4, -0.2) is 16.1 Å². The first-order valence-electron chi connectivity index (χ1n) is 4.45. The predicted molar refractivity (Wildman–Crippen MR) is 60.3 cm³/mol. The lowest BCUT2D eigenvalue weighted by molar-refractivity contribution is -0.148. The molecule has 0 aromatic carbocycles. The Morgan fingerprint density at radius 3 is 2.67 bits per heavy atom. The second-order valence-corrected chi connectivity index (χ2v) is 4.86. The van der Waals surface area contributed by atoms with E-state index in [0.717, 1.165) is 4.47 Å². The van der Waals surface area contributed by atoms with Crippen LogP contribution in [0.15, 0.2) is 22.9 Å². The number of hydrogen-bond donors (Lipinski definition) is 2. The average molecular weight is 273 g/mol. The van der Waals surface area contributed by atoms with Gasteiger partial charge in [-0.3, -0.25) is 9.78 Å². The first kappa shape index (κ1) is 12.1. The van der Waals surface area contributed by atoms with Gasteiger partial charge in [0.05, 0.1) is 5.41 Å². The Morgan fingerprint density at radius 1 is 1.60 bits per heavy atom. The lowest BCUT2D eigenvalue weighted by atomic mass is 9.82. The van der Waals surface area contributed by atoms with Crippen LogP contribution in [0.2, 0.25) is 0 Å². The molecule has 1 heterocycles. The van der Waals surface area contributed by atoms with Crippen LogP contribution < -0.4 is 5.73 Å². The van der Waals surface area contributed by atoms with Gasteiger partial charge in [0.15, 0.2) is 0 Å². The van der Waals surface area contributed by atoms with E-state index in [2.05, 4.69) is 20.9 Å². The summed E-state index contributed by atoms with van der Waals surface area (Å²) in [6.45, 7) is 3.20. The van der Waals surface area contributed by atoms with E-state index in [-0.39, 0.29) is 0 Å². The van der Waals surface area contributed by atoms with Gasteiger partial charge in [0, 0.05) is 22.9 Å². The number of nitrogens with zero attached hydrogens (tertiary/aromatic N) is 1. The van der Waals surface area contributed by atoms with Crippen molar-refractivity contribution in [3.63, 3.8) is 0 Å². The molecule has 5 heteroatoms. The Morgan fingerprint density at radius 2 is 2.20 bits per heavy atom. The summed E-state index contributed by atoms with van der Waals surface area (Å²) in [5.41, 5.74) is 5.59. The van der Waals surface area contributed by atoms with E-state index in [0.29, 0.717) is 5.56 Å². The van der Waals surface area contributed by atoms with Gasteiger partial charge in [-0.2, -0.15) is 0 Å². The molecule has 0 radical (unpaired) electrons. The van der Waals surface area contributed by atoms with Crippen molar-refractivity contribution in [1.82, 2.24) is 4.98 Å². The molecule has 4 nitrogen and oxygen atoms in total. The van der Waals surface area contributed by atoms with E-state index >= 15 is 0 Å². The quantitative estimate of drug-likeness (QED) is 0.882. The highest BCUT2D eigenvalue weighted by molar-refractivity contribution is 9.10. The lowest BCUT2D eigenvalue weighted by Crippen LogP contribution is -2.36. The van der Waals surface area contributed by atoms with Gasteiger partial charge < -0.3 is 10.8 Å². The third-order valence-corrected chi connectivity index (χ3v) is 2.85. The van der Waals surface area contributed by atoms with Gasteiger partial charge in [-0.1, -0.05) is 0 Å². The fourth-order valence-electron chi connectivity index (χ4n) is 1.15. The summed E-state index contributed by atoms with van der Waals surface area (Å²) in [6, 6.07) is 1.20. The van der Waals surface area contributed by atoms with E-state index in [4.69, 9.17) is 10.8 Å². The third kappa shape index (κ3) is 2.54. The fourth-order valence-corrected chi connectivity index (χ4v) is 1.53. The molecular weight excluding hydrogens is 260 g/mol. The molecule has 0 aliphatic heterocycles. The van der Waals surface area contributed by atoms with Crippen molar-refractivity contribution >= 4 is 21.9 Å². The van der Waals surface area contributed by atoms with Crippen molar-refractivity contribution in [2.75, 3.05) is 0 Å². The molecule has 1 atom stereocenters. The predicted octanol–water partition coefficient (Wildman–Crippen LogP) is 1.95. The van der Waals surface area contributed by atoms with E-state index in [1.165, 1.54) is 0 Å². The maximum Gasteiger partial charge on any atom is 0.311 e. The molecule has 0 fully saturated rings. The van der Waals surface area contributed by atoms with Crippen LogP contribution in [0.1, 0.15) is 25.5 Å². The molecule has 0 amide bonds. The normalized spacial score (nSPS) is 13.6. The number of halogens is 1. The Labute approximate surface area is 96.6 Å². The zero-order valence-corrected chi connectivity index (χ0v) is 10.2. The van der Waals surface area contributed by atoms with Gasteiger partial charge in [0.25, 0.3) is 0 Å². The molecule has 1 aromatic rings. The van der Waals surface area contributed by atoms with Crippen LogP contribution in [-0.2, 0) is 4.79 Å². The number of carbonyl (C=O) groups is 1. The Bertz CT molecular complexity index is 379. The van der Waals surface area contributed by atoms with Crippen LogP contribution in [0.25, 0.3) is 0 Å². The lowest BCUT2D eigenvalue weighted by Gasteiger charge is -2.27. The minimum absolute atomic E-state index is 0.583. The summed E-state index contributed by atoms with van der Waals surface area (Å²) in [5.74, 6) is -0.921. The fraction of sp³-hybridized carbons (Fsp3) is 0.400. The monoisotopic (exact) mass is 272 g/mol. The van der Waals surface area contributed by atoms with Gasteiger partial charge in [0.1, 0.15) is 0 Å². The van der Waals surface area contributed by atoms with Gasteiger partial charge in [-0.05, 0) is 41.4 Å². The number of nitrogens with two attached hydrogens (primary N) is 1. The van der Waals surface area contributed by atoms with Crippen LogP contribution >= 0.6 is 15.9 Å². The molecular formula is C10H13BrN2O2. The zero-order chi connectivity index (χ0) is 11.6. The van der Waals surface area contributed by atoms with Crippen molar-refractivity contribution in [1.29, 1.82) is 0 Å². The van der Waals surface area contributed by atoms with Gasteiger partial charge in [0.2, 0.25) is 0 Å². The molecule has 82 valence electrons. The molecule has 0 saturated carbocycles. The number of pyridine rings is 1. The molecule has 0 spiro atoms. The molecule has 0 aliphatic carbocycles. The molecule has 1 aromatic heterocycles. The van der Waals surface area contributed by atoms with E-state index in [9.17, 15) is 4.79 Å². The van der Waals surface area contributed by atoms with Crippen molar-refractivity contribution in [3.05, 3.63) is 28.5 Å². The second kappa shape index (κ2) is 4.28. The number of hydrogen-bond acceptors (Lipinski definition) is 3. The molecule has 3 N–H and O–H groups in total.